The van der Waals surface area contributed by atoms with Crippen LogP contribution in [0.1, 0.15) is 5.56 Å². The molecule has 2 heterocycles. The number of benzene rings is 2. The first-order chi connectivity index (χ1) is 12.6. The summed E-state index contributed by atoms with van der Waals surface area (Å²) in [5, 5.41) is 3.30. The van der Waals surface area contributed by atoms with Gasteiger partial charge in [0.05, 0.1) is 17.3 Å². The lowest BCUT2D eigenvalue weighted by Gasteiger charge is -2.14. The minimum atomic E-state index is -0.593. The fraction of sp³-hybridized carbons (Fsp3) is 0.0588. The Kier molecular flexibility index (Phi) is 3.81. The number of amides is 2. The largest absolute Gasteiger partial charge is 0.454 e. The van der Waals surface area contributed by atoms with Gasteiger partial charge in [0, 0.05) is 15.1 Å². The average Bonchev–Trinajstić information content (AvgIpc) is 3.20. The van der Waals surface area contributed by atoms with E-state index in [-0.39, 0.29) is 18.1 Å². The van der Waals surface area contributed by atoms with Crippen molar-refractivity contribution in [3.05, 3.63) is 57.5 Å². The molecule has 0 aliphatic carbocycles. The molecule has 2 N–H and O–H groups in total. The molecular formula is C17H11ClN3O5+. The van der Waals surface area contributed by atoms with Crippen LogP contribution in [0.4, 0.5) is 11.4 Å². The van der Waals surface area contributed by atoms with Crippen LogP contribution in [0.5, 0.6) is 11.5 Å². The predicted molar refractivity (Wildman–Crippen MR) is 91.6 cm³/mol. The van der Waals surface area contributed by atoms with Crippen molar-refractivity contribution in [3.8, 4) is 11.5 Å². The molecule has 130 valence electrons. The summed E-state index contributed by atoms with van der Waals surface area (Å²) in [6.07, 6.45) is 1.32. The zero-order chi connectivity index (χ0) is 18.3. The summed E-state index contributed by atoms with van der Waals surface area (Å²) < 4.78 is 10.5. The molecule has 0 bridgehead atoms. The van der Waals surface area contributed by atoms with Crippen LogP contribution in [-0.2, 0) is 9.59 Å². The second-order valence-electron chi connectivity index (χ2n) is 5.51. The number of hydrogen-bond donors (Lipinski definition) is 2. The zero-order valence-corrected chi connectivity index (χ0v) is 13.9. The van der Waals surface area contributed by atoms with E-state index in [1.54, 1.807) is 29.4 Å². The number of nitrogens with one attached hydrogen (secondary N) is 2. The SMILES string of the molecule is O=[NH+]c1cc2c(cc1/C=C1\C(=O)NN(c3cccc(Cl)c3)C1=O)OCO2. The number of nitroso groups, excluding NO2 is 1. The number of carbonyl (C=O) groups is 2. The number of hydrogen-bond acceptors (Lipinski definition) is 5. The third kappa shape index (κ3) is 2.66. The van der Waals surface area contributed by atoms with E-state index < -0.39 is 11.8 Å². The first kappa shape index (κ1) is 16.1. The summed E-state index contributed by atoms with van der Waals surface area (Å²) in [7, 11) is 0. The van der Waals surface area contributed by atoms with Crippen LogP contribution in [0.3, 0.4) is 0 Å². The van der Waals surface area contributed by atoms with Crippen LogP contribution >= 0.6 is 11.6 Å². The fourth-order valence-corrected chi connectivity index (χ4v) is 2.86. The minimum absolute atomic E-state index is 0.0373. The topological polar surface area (TPSA) is 98.9 Å². The van der Waals surface area contributed by atoms with Crippen LogP contribution in [0.15, 0.2) is 42.0 Å². The monoisotopic (exact) mass is 372 g/mol. The highest BCUT2D eigenvalue weighted by Gasteiger charge is 2.35. The van der Waals surface area contributed by atoms with E-state index in [1.807, 2.05) is 0 Å². The molecule has 0 unspecified atom stereocenters. The number of rotatable bonds is 3. The third-order valence-electron chi connectivity index (χ3n) is 3.91. The molecule has 9 heteroatoms. The Hall–Kier alpha value is -3.39. The molecule has 2 aliphatic rings. The van der Waals surface area contributed by atoms with Gasteiger partial charge in [0.2, 0.25) is 6.79 Å². The highest BCUT2D eigenvalue weighted by Crippen LogP contribution is 2.36. The van der Waals surface area contributed by atoms with Crippen molar-refractivity contribution in [2.75, 3.05) is 11.8 Å². The van der Waals surface area contributed by atoms with Crippen LogP contribution in [0, 0.1) is 4.91 Å². The van der Waals surface area contributed by atoms with Gasteiger partial charge in [-0.15, -0.1) is 0 Å². The number of halogens is 1. The van der Waals surface area contributed by atoms with E-state index in [1.165, 1.54) is 18.2 Å². The summed E-state index contributed by atoms with van der Waals surface area (Å²) >= 11 is 5.93. The summed E-state index contributed by atoms with van der Waals surface area (Å²) in [6, 6.07) is 9.48. The Morgan fingerprint density at radius 3 is 2.65 bits per heavy atom. The molecule has 26 heavy (non-hydrogen) atoms. The molecule has 8 nitrogen and oxygen atoms in total. The first-order valence-electron chi connectivity index (χ1n) is 7.51. The molecule has 2 aliphatic heterocycles. The van der Waals surface area contributed by atoms with Gasteiger partial charge >= 0.3 is 0 Å². The highest BCUT2D eigenvalue weighted by atomic mass is 35.5. The predicted octanol–water partition coefficient (Wildman–Crippen LogP) is 1.01. The van der Waals surface area contributed by atoms with Crippen molar-refractivity contribution < 1.29 is 24.2 Å². The van der Waals surface area contributed by atoms with Crippen molar-refractivity contribution in [3.63, 3.8) is 0 Å². The van der Waals surface area contributed by atoms with E-state index >= 15 is 0 Å². The van der Waals surface area contributed by atoms with E-state index in [0.29, 0.717) is 27.8 Å². The normalized spacial score (nSPS) is 17.0. The molecule has 2 amide bonds. The van der Waals surface area contributed by atoms with Gasteiger partial charge in [-0.2, -0.15) is 0 Å². The maximum absolute atomic E-state index is 12.6. The number of ether oxygens (including phenoxy) is 2. The van der Waals surface area contributed by atoms with Gasteiger partial charge < -0.3 is 9.47 Å². The van der Waals surface area contributed by atoms with E-state index in [0.717, 1.165) is 5.01 Å². The number of hydrazine groups is 1. The molecule has 2 aromatic carbocycles. The van der Waals surface area contributed by atoms with Crippen molar-refractivity contribution >= 4 is 40.9 Å². The lowest BCUT2D eigenvalue weighted by atomic mass is 10.1. The van der Waals surface area contributed by atoms with Gasteiger partial charge in [0.25, 0.3) is 17.5 Å². The Labute approximate surface area is 151 Å². The molecular weight excluding hydrogens is 362 g/mol. The van der Waals surface area contributed by atoms with Gasteiger partial charge in [-0.05, 0) is 30.3 Å². The Morgan fingerprint density at radius 2 is 1.92 bits per heavy atom. The van der Waals surface area contributed by atoms with Gasteiger partial charge in [-0.25, -0.2) is 5.01 Å². The van der Waals surface area contributed by atoms with Crippen molar-refractivity contribution in [1.29, 1.82) is 0 Å². The summed E-state index contributed by atoms with van der Waals surface area (Å²) in [5.74, 6) is -0.321. The molecule has 4 rings (SSSR count). The van der Waals surface area contributed by atoms with Crippen molar-refractivity contribution in [2.24, 2.45) is 0 Å². The zero-order valence-electron chi connectivity index (χ0n) is 13.1. The minimum Gasteiger partial charge on any atom is -0.454 e. The number of anilines is 1. The number of fused-ring (bicyclic) bond motifs is 1. The summed E-state index contributed by atoms with van der Waals surface area (Å²) in [4.78, 5) is 36.1. The van der Waals surface area contributed by atoms with Gasteiger partial charge in [0.1, 0.15) is 5.57 Å². The molecule has 0 spiro atoms. The molecule has 0 atom stereocenters. The molecule has 0 saturated carbocycles. The van der Waals surface area contributed by atoms with Crippen molar-refractivity contribution in [2.45, 2.75) is 0 Å². The van der Waals surface area contributed by atoms with Crippen LogP contribution in [-0.4, -0.2) is 18.6 Å². The first-order valence-corrected chi connectivity index (χ1v) is 7.89. The molecule has 1 saturated heterocycles. The average molecular weight is 373 g/mol. The van der Waals surface area contributed by atoms with E-state index in [4.69, 9.17) is 21.1 Å². The Bertz CT molecular complexity index is 988. The maximum atomic E-state index is 12.6. The molecule has 2 aromatic rings. The maximum Gasteiger partial charge on any atom is 0.282 e. The van der Waals surface area contributed by atoms with Crippen LogP contribution < -0.4 is 25.1 Å². The molecule has 0 aromatic heterocycles. The van der Waals surface area contributed by atoms with E-state index in [9.17, 15) is 14.5 Å². The smallest absolute Gasteiger partial charge is 0.282 e. The third-order valence-corrected chi connectivity index (χ3v) is 4.15. The quantitative estimate of drug-likeness (QED) is 0.619. The van der Waals surface area contributed by atoms with Gasteiger partial charge in [0.15, 0.2) is 11.5 Å². The second-order valence-corrected chi connectivity index (χ2v) is 5.95. The molecule has 0 radical (unpaired) electrons. The van der Waals surface area contributed by atoms with Gasteiger partial charge in [-0.1, -0.05) is 17.7 Å². The Morgan fingerprint density at radius 1 is 1.15 bits per heavy atom. The summed E-state index contributed by atoms with van der Waals surface area (Å²) in [6.45, 7) is 0.0373. The van der Waals surface area contributed by atoms with Gasteiger partial charge in [-0.3, -0.25) is 15.0 Å². The number of carbonyl (C=O) groups excluding carboxylic acids is 2. The number of nitrogens with zero attached hydrogens (tertiary/aromatic N) is 1. The van der Waals surface area contributed by atoms with Crippen LogP contribution in [0.2, 0.25) is 5.02 Å². The Balaban J connectivity index is 1.73. The lowest BCUT2D eigenvalue weighted by Crippen LogP contribution is -2.56. The second kappa shape index (κ2) is 6.16. The van der Waals surface area contributed by atoms with E-state index in [2.05, 4.69) is 5.43 Å². The summed E-state index contributed by atoms with van der Waals surface area (Å²) in [5.41, 5.74) is 3.25. The standard InChI is InChI=1S/C17H10ClN3O5/c18-10-2-1-3-11(6-10)21-17(23)12(16(22)19-21)4-9-5-14-15(26-8-25-14)7-13(9)20-24/h1-7H,8H2,(H,19,22)/p+1/b12-4+. The van der Waals surface area contributed by atoms with Crippen LogP contribution in [0.25, 0.3) is 6.08 Å². The highest BCUT2D eigenvalue weighted by molar-refractivity contribution is 6.33. The van der Waals surface area contributed by atoms with Crippen molar-refractivity contribution in [1.82, 2.24) is 5.43 Å². The lowest BCUT2D eigenvalue weighted by molar-refractivity contribution is -0.379. The molecule has 1 fully saturated rings. The fourth-order valence-electron chi connectivity index (χ4n) is 2.68.